The largest absolute Gasteiger partial charge is 0.497 e. The molecule has 8 heteroatoms. The molecule has 0 saturated heterocycles. The van der Waals surface area contributed by atoms with Crippen molar-refractivity contribution in [2.75, 3.05) is 19.5 Å². The minimum atomic E-state index is -0.900. The number of nitrogens with one attached hydrogen (secondary N) is 2. The lowest BCUT2D eigenvalue weighted by Gasteiger charge is -2.37. The highest BCUT2D eigenvalue weighted by Crippen LogP contribution is 2.48. The predicted octanol–water partition coefficient (Wildman–Crippen LogP) is 5.98. The summed E-state index contributed by atoms with van der Waals surface area (Å²) in [5, 5.41) is 5.87. The van der Waals surface area contributed by atoms with Crippen LogP contribution in [0.5, 0.6) is 11.5 Å². The highest BCUT2D eigenvalue weighted by atomic mass is 19.1. The average Bonchev–Trinajstić information content (AvgIpc) is 2.93. The first-order valence-electron chi connectivity index (χ1n) is 12.6. The van der Waals surface area contributed by atoms with E-state index in [0.717, 1.165) is 17.3 Å². The normalized spacial score (nSPS) is 18.8. The second-order valence-electron chi connectivity index (χ2n) is 9.61. The summed E-state index contributed by atoms with van der Waals surface area (Å²) in [7, 11) is 3.04. The fraction of sp³-hybridized carbons (Fsp3) is 0.226. The molecule has 3 aromatic rings. The summed E-state index contributed by atoms with van der Waals surface area (Å²) in [6.07, 6.45) is 0.860. The van der Waals surface area contributed by atoms with Crippen LogP contribution in [-0.2, 0) is 9.59 Å². The third-order valence-corrected chi connectivity index (χ3v) is 7.27. The SMILES string of the molecule is COc1ccc(C2C(C(=O)Nc3ccc(F)cc3F)=C(C)NC3=C2C(=O)CC(c2ccccc2)C3)c(OC)c1. The minimum absolute atomic E-state index is 0.0140. The molecular formula is C31H28F2N2O4. The van der Waals surface area contributed by atoms with Gasteiger partial charge in [0.15, 0.2) is 5.78 Å². The fourth-order valence-electron chi connectivity index (χ4n) is 5.45. The maximum absolute atomic E-state index is 14.4. The summed E-state index contributed by atoms with van der Waals surface area (Å²) < 4.78 is 38.9. The Kier molecular flexibility index (Phi) is 7.19. The maximum atomic E-state index is 14.4. The van der Waals surface area contributed by atoms with Crippen molar-refractivity contribution < 1.29 is 27.8 Å². The van der Waals surface area contributed by atoms with Gasteiger partial charge in [-0.3, -0.25) is 9.59 Å². The Morgan fingerprint density at radius 3 is 2.44 bits per heavy atom. The van der Waals surface area contributed by atoms with Crippen LogP contribution in [0, 0.1) is 11.6 Å². The smallest absolute Gasteiger partial charge is 0.254 e. The molecule has 0 spiro atoms. The molecule has 0 radical (unpaired) electrons. The number of dihydropyridines is 1. The van der Waals surface area contributed by atoms with E-state index in [2.05, 4.69) is 10.6 Å². The standard InChI is InChI=1S/C31H28F2N2O4/c1-17-28(31(37)35-24-12-9-20(32)15-23(24)33)29(22-11-10-21(38-2)16-27(22)39-3)30-25(34-17)13-19(14-26(30)36)18-7-5-4-6-8-18/h4-12,15-16,19,29,34H,13-14H2,1-3H3,(H,35,37). The predicted molar refractivity (Wildman–Crippen MR) is 144 cm³/mol. The number of allylic oxidation sites excluding steroid dienone is 3. The first-order chi connectivity index (χ1) is 18.8. The summed E-state index contributed by atoms with van der Waals surface area (Å²) in [4.78, 5) is 27.5. The highest BCUT2D eigenvalue weighted by Gasteiger charge is 2.42. The Hall–Kier alpha value is -4.46. The summed E-state index contributed by atoms with van der Waals surface area (Å²) in [5.41, 5.74) is 3.48. The molecule has 0 bridgehead atoms. The van der Waals surface area contributed by atoms with Gasteiger partial charge in [0, 0.05) is 46.7 Å². The molecule has 2 atom stereocenters. The Bertz CT molecular complexity index is 1510. The summed E-state index contributed by atoms with van der Waals surface area (Å²) in [6, 6.07) is 18.0. The molecule has 0 aromatic heterocycles. The van der Waals surface area contributed by atoms with Crippen LogP contribution in [0.25, 0.3) is 0 Å². The van der Waals surface area contributed by atoms with Crippen LogP contribution in [0.3, 0.4) is 0 Å². The number of hydrogen-bond acceptors (Lipinski definition) is 5. The van der Waals surface area contributed by atoms with Gasteiger partial charge in [-0.1, -0.05) is 36.4 Å². The molecule has 2 aliphatic rings. The number of carbonyl (C=O) groups is 2. The second-order valence-corrected chi connectivity index (χ2v) is 9.61. The lowest BCUT2D eigenvalue weighted by molar-refractivity contribution is -0.116. The molecule has 200 valence electrons. The summed E-state index contributed by atoms with van der Waals surface area (Å²) in [5.74, 6) is -2.16. The number of hydrogen-bond donors (Lipinski definition) is 2. The fourth-order valence-corrected chi connectivity index (χ4v) is 5.45. The molecular weight excluding hydrogens is 502 g/mol. The zero-order valence-electron chi connectivity index (χ0n) is 21.8. The zero-order chi connectivity index (χ0) is 27.7. The average molecular weight is 531 g/mol. The Labute approximate surface area is 225 Å². The van der Waals surface area contributed by atoms with Gasteiger partial charge in [0.1, 0.15) is 23.1 Å². The lowest BCUT2D eigenvalue weighted by atomic mass is 9.71. The van der Waals surface area contributed by atoms with E-state index in [9.17, 15) is 18.4 Å². The van der Waals surface area contributed by atoms with Crippen molar-refractivity contribution in [1.29, 1.82) is 0 Å². The van der Waals surface area contributed by atoms with E-state index in [1.807, 2.05) is 30.3 Å². The van der Waals surface area contributed by atoms with E-state index < -0.39 is 23.5 Å². The Morgan fingerprint density at radius 1 is 0.974 bits per heavy atom. The highest BCUT2D eigenvalue weighted by molar-refractivity contribution is 6.10. The summed E-state index contributed by atoms with van der Waals surface area (Å²) >= 11 is 0. The van der Waals surface area contributed by atoms with Gasteiger partial charge in [-0.25, -0.2) is 8.78 Å². The molecule has 39 heavy (non-hydrogen) atoms. The number of rotatable bonds is 6. The summed E-state index contributed by atoms with van der Waals surface area (Å²) in [6.45, 7) is 1.75. The number of Topliss-reactive ketones (excluding diaryl/α,β-unsaturated/α-hetero) is 1. The Morgan fingerprint density at radius 2 is 1.74 bits per heavy atom. The van der Waals surface area contributed by atoms with E-state index >= 15 is 0 Å². The molecule has 1 amide bonds. The number of anilines is 1. The van der Waals surface area contributed by atoms with E-state index in [1.54, 1.807) is 25.1 Å². The van der Waals surface area contributed by atoms with E-state index in [4.69, 9.17) is 9.47 Å². The number of benzene rings is 3. The van der Waals surface area contributed by atoms with E-state index in [1.165, 1.54) is 20.3 Å². The van der Waals surface area contributed by atoms with Gasteiger partial charge in [-0.15, -0.1) is 0 Å². The van der Waals surface area contributed by atoms with Crippen LogP contribution in [-0.4, -0.2) is 25.9 Å². The number of amides is 1. The number of ketones is 1. The van der Waals surface area contributed by atoms with Crippen LogP contribution in [0.1, 0.15) is 42.7 Å². The van der Waals surface area contributed by atoms with Gasteiger partial charge in [0.05, 0.1) is 25.8 Å². The molecule has 0 saturated carbocycles. The first-order valence-corrected chi connectivity index (χ1v) is 12.6. The molecule has 1 heterocycles. The maximum Gasteiger partial charge on any atom is 0.254 e. The monoisotopic (exact) mass is 530 g/mol. The Balaban J connectivity index is 1.62. The van der Waals surface area contributed by atoms with Crippen LogP contribution in [0.2, 0.25) is 0 Å². The topological polar surface area (TPSA) is 76.7 Å². The molecule has 6 nitrogen and oxygen atoms in total. The lowest BCUT2D eigenvalue weighted by Crippen LogP contribution is -2.37. The van der Waals surface area contributed by atoms with Crippen LogP contribution in [0.4, 0.5) is 14.5 Å². The van der Waals surface area contributed by atoms with Gasteiger partial charge in [-0.05, 0) is 43.0 Å². The second kappa shape index (κ2) is 10.7. The van der Waals surface area contributed by atoms with Gasteiger partial charge >= 0.3 is 0 Å². The van der Waals surface area contributed by atoms with Crippen molar-refractivity contribution in [3.63, 3.8) is 0 Å². The van der Waals surface area contributed by atoms with E-state index in [0.29, 0.717) is 40.8 Å². The van der Waals surface area contributed by atoms with Crippen molar-refractivity contribution in [2.24, 2.45) is 0 Å². The minimum Gasteiger partial charge on any atom is -0.497 e. The molecule has 5 rings (SSSR count). The number of ether oxygens (including phenoxy) is 2. The van der Waals surface area contributed by atoms with Crippen molar-refractivity contribution in [3.05, 3.63) is 112 Å². The quantitative estimate of drug-likeness (QED) is 0.410. The number of halogens is 2. The molecule has 2 unspecified atom stereocenters. The van der Waals surface area contributed by atoms with Crippen LogP contribution < -0.4 is 20.1 Å². The zero-order valence-corrected chi connectivity index (χ0v) is 21.8. The molecule has 1 aliphatic carbocycles. The van der Waals surface area contributed by atoms with Gasteiger partial charge in [-0.2, -0.15) is 0 Å². The molecule has 0 fully saturated rings. The number of methoxy groups -OCH3 is 2. The molecule has 3 aromatic carbocycles. The van der Waals surface area contributed by atoms with E-state index in [-0.39, 0.29) is 29.4 Å². The van der Waals surface area contributed by atoms with Gasteiger partial charge < -0.3 is 20.1 Å². The molecule has 1 aliphatic heterocycles. The third kappa shape index (κ3) is 5.02. The van der Waals surface area contributed by atoms with Gasteiger partial charge in [0.2, 0.25) is 0 Å². The van der Waals surface area contributed by atoms with Crippen molar-refractivity contribution in [1.82, 2.24) is 5.32 Å². The molecule has 2 N–H and O–H groups in total. The van der Waals surface area contributed by atoms with Crippen molar-refractivity contribution >= 4 is 17.4 Å². The van der Waals surface area contributed by atoms with Crippen molar-refractivity contribution in [3.8, 4) is 11.5 Å². The van der Waals surface area contributed by atoms with Crippen LogP contribution in [0.15, 0.2) is 89.3 Å². The number of carbonyl (C=O) groups excluding carboxylic acids is 2. The van der Waals surface area contributed by atoms with Crippen LogP contribution >= 0.6 is 0 Å². The first kappa shape index (κ1) is 26.2. The van der Waals surface area contributed by atoms with Crippen molar-refractivity contribution in [2.45, 2.75) is 31.6 Å². The van der Waals surface area contributed by atoms with Gasteiger partial charge in [0.25, 0.3) is 5.91 Å². The third-order valence-electron chi connectivity index (χ3n) is 7.27.